The summed E-state index contributed by atoms with van der Waals surface area (Å²) in [6.45, 7) is 3.72. The van der Waals surface area contributed by atoms with Crippen molar-refractivity contribution >= 4 is 129 Å². The van der Waals surface area contributed by atoms with Crippen LogP contribution in [-0.4, -0.2) is 174 Å². The first kappa shape index (κ1) is 98.9. The minimum absolute atomic E-state index is 0.00960. The van der Waals surface area contributed by atoms with E-state index in [2.05, 4.69) is 86.4 Å². The topological polar surface area (TPSA) is 479 Å². The molecule has 4 aromatic carbocycles. The molecule has 0 fully saturated rings. The number of nitrogens with one attached hydrogen (secondary N) is 5. The van der Waals surface area contributed by atoms with Crippen molar-refractivity contribution in [1.29, 1.82) is 0 Å². The lowest BCUT2D eigenvalue weighted by Gasteiger charge is -2.27. The summed E-state index contributed by atoms with van der Waals surface area (Å²) in [4.78, 5) is 80.8. The number of phosphoric ester groups is 1. The first-order valence-electron chi connectivity index (χ1n) is 40.0. The smallest absolute Gasteiger partial charge is 0.418 e. The zero-order valence-electron chi connectivity index (χ0n) is 67.7. The Morgan fingerprint density at radius 3 is 1.96 bits per heavy atom. The summed E-state index contributed by atoms with van der Waals surface area (Å²) in [5, 5.41) is 29.9. The summed E-state index contributed by atoms with van der Waals surface area (Å²) in [5.74, 6) is -4.84. The molecule has 4 atom stereocenters. The van der Waals surface area contributed by atoms with Gasteiger partial charge in [0.1, 0.15) is 35.1 Å². The van der Waals surface area contributed by atoms with Crippen LogP contribution in [0.5, 0.6) is 5.75 Å². The minimum atomic E-state index is -5.12. The molecule has 10 N–H and O–H groups in total. The first-order valence-corrected chi connectivity index (χ1v) is 46.8. The number of benzene rings is 4. The number of amidine groups is 1. The highest BCUT2D eigenvalue weighted by Gasteiger charge is 2.34. The van der Waals surface area contributed by atoms with E-state index in [0.29, 0.717) is 34.6 Å². The van der Waals surface area contributed by atoms with Crippen LogP contribution < -0.4 is 36.0 Å². The molecule has 0 aliphatic heterocycles. The fourth-order valence-corrected chi connectivity index (χ4v) is 14.8. The number of pyridine rings is 1. The van der Waals surface area contributed by atoms with E-state index in [9.17, 15) is 67.4 Å². The van der Waals surface area contributed by atoms with Gasteiger partial charge in [0.2, 0.25) is 23.7 Å². The molecule has 0 aliphatic carbocycles. The molecular formula is C78H115BrFN13O21PS3+. The zero-order chi connectivity index (χ0) is 86.0. The molecule has 0 saturated carbocycles. The predicted molar refractivity (Wildman–Crippen MR) is 448 cm³/mol. The summed E-state index contributed by atoms with van der Waals surface area (Å²) in [5.41, 5.74) is 0.985. The number of halogens is 2. The molecule has 0 bridgehead atoms. The van der Waals surface area contributed by atoms with Gasteiger partial charge in [-0.25, -0.2) is 38.0 Å². The van der Waals surface area contributed by atoms with Gasteiger partial charge in [-0.3, -0.25) is 32.7 Å². The Hall–Kier alpha value is -7.89. The van der Waals surface area contributed by atoms with E-state index in [1.807, 2.05) is 33.3 Å². The highest BCUT2D eigenvalue weighted by Crippen LogP contribution is 2.44. The second kappa shape index (κ2) is 51.7. The van der Waals surface area contributed by atoms with Gasteiger partial charge < -0.3 is 44.4 Å². The van der Waals surface area contributed by atoms with Gasteiger partial charge in [-0.1, -0.05) is 179 Å². The number of nitrogens with two attached hydrogens (primary N) is 1. The number of hydrogen-bond donors (Lipinski definition) is 9. The number of fused-ring (bicyclic) bond motifs is 2. The number of carbonyl (C=O) groups is 4. The number of likely N-dealkylation sites (N-methyl/N-ethyl adjacent to an activating group) is 1. The Bertz CT molecular complexity index is 4680. The summed E-state index contributed by atoms with van der Waals surface area (Å²) in [7, 11) is -12.8. The summed E-state index contributed by atoms with van der Waals surface area (Å²) < 4.78 is 157. The number of allylic oxidation sites excluding steroid dienone is 1. The molecule has 6 rings (SSSR count). The Labute approximate surface area is 698 Å². The van der Waals surface area contributed by atoms with E-state index < -0.39 is 126 Å². The summed E-state index contributed by atoms with van der Waals surface area (Å²) in [6, 6.07) is 13.8. The maximum absolute atomic E-state index is 14.5. The number of rotatable bonds is 58. The van der Waals surface area contributed by atoms with Crippen LogP contribution >= 0.6 is 23.8 Å². The third-order valence-corrected chi connectivity index (χ3v) is 22.4. The van der Waals surface area contributed by atoms with Crippen LogP contribution in [-0.2, 0) is 72.8 Å². The van der Waals surface area contributed by atoms with Crippen molar-refractivity contribution in [2.45, 2.75) is 228 Å². The number of unbranched alkanes of at least 4 members (excludes halogenated alkanes) is 24. The summed E-state index contributed by atoms with van der Waals surface area (Å²) in [6.07, 6.45) is 27.7. The van der Waals surface area contributed by atoms with Gasteiger partial charge in [-0.15, -0.1) is 5.11 Å². The molecule has 2 unspecified atom stereocenters. The van der Waals surface area contributed by atoms with Crippen molar-refractivity contribution < 1.29 is 105 Å². The zero-order valence-corrected chi connectivity index (χ0v) is 72.6. The van der Waals surface area contributed by atoms with Gasteiger partial charge >= 0.3 is 19.9 Å². The molecule has 0 spiro atoms. The normalized spacial score (nSPS) is 13.7. The largest absolute Gasteiger partial charge is 0.514 e. The van der Waals surface area contributed by atoms with Gasteiger partial charge in [0, 0.05) is 44.2 Å². The number of carbonyl (C=O) groups excluding carboxylic acids is 4. The van der Waals surface area contributed by atoms with E-state index in [1.54, 1.807) is 0 Å². The molecule has 0 aliphatic rings. The van der Waals surface area contributed by atoms with Crippen LogP contribution in [0.3, 0.4) is 0 Å². The number of aliphatic imine (C=N–C) groups is 1. The molecule has 40 heteroatoms. The highest BCUT2D eigenvalue weighted by molar-refractivity contribution is 9.10. The van der Waals surface area contributed by atoms with Crippen molar-refractivity contribution in [3.63, 3.8) is 0 Å². The monoisotopic (exact) mass is 1790 g/mol. The Morgan fingerprint density at radius 1 is 0.703 bits per heavy atom. The van der Waals surface area contributed by atoms with Crippen molar-refractivity contribution in [2.75, 3.05) is 72.5 Å². The van der Waals surface area contributed by atoms with Crippen molar-refractivity contribution in [1.82, 2.24) is 36.1 Å². The first-order chi connectivity index (χ1) is 56.2. The number of nitrogens with zero attached hydrogens (tertiary/aromatic N) is 7. The molecule has 2 heterocycles. The third kappa shape index (κ3) is 38.7. The van der Waals surface area contributed by atoms with Gasteiger partial charge in [0.15, 0.2) is 17.3 Å². The maximum Gasteiger partial charge on any atom is 0.514 e. The second-order valence-corrected chi connectivity index (χ2v) is 36.0. The Balaban J connectivity index is 1.24. The third-order valence-electron chi connectivity index (χ3n) is 18.5. The SMILES string of the molecule is CCCCCCCCCCCCC/C=C/[C@@H](OCCCCNC(=O)CC(OC(=O)Oc1c(N=Nc2ccc3cc(S(=O)(=O)O)ccc3c2)cc(S(=O)(=O)O)c2cccnc12)C(=O)ONC(=Nc1ccc(F)c(Br)c1)c1nonc1NCCNS(N)(=O)=O)[C@H](COP(=O)(O)OCC[N+](C)(C)C)NC(=O)CCCCCCCCCCCCCCC. The summed E-state index contributed by atoms with van der Waals surface area (Å²) >= 11 is 3.09. The van der Waals surface area contributed by atoms with Crippen LogP contribution in [0.2, 0.25) is 0 Å². The lowest BCUT2D eigenvalue weighted by Crippen LogP contribution is -2.47. The molecule has 6 aromatic rings. The Kier molecular flexibility index (Phi) is 43.3. The fraction of sp³-hybridized carbons (Fsp3) is 0.564. The van der Waals surface area contributed by atoms with Gasteiger partial charge in [-0.05, 0) is 130 Å². The van der Waals surface area contributed by atoms with Gasteiger partial charge in [-0.2, -0.15) is 35.8 Å². The van der Waals surface area contributed by atoms with Crippen molar-refractivity contribution in [3.05, 3.63) is 107 Å². The average Bonchev–Trinajstić information content (AvgIpc) is 0.770. The van der Waals surface area contributed by atoms with Crippen LogP contribution in [0, 0.1) is 5.82 Å². The van der Waals surface area contributed by atoms with E-state index in [4.69, 9.17) is 37.9 Å². The highest BCUT2D eigenvalue weighted by atomic mass is 79.9. The number of amides is 2. The van der Waals surface area contributed by atoms with Crippen LogP contribution in [0.15, 0.2) is 125 Å². The minimum Gasteiger partial charge on any atom is -0.418 e. The lowest BCUT2D eigenvalue weighted by atomic mass is 10.0. The molecular weight excluding hydrogens is 1680 g/mol. The van der Waals surface area contributed by atoms with Gasteiger partial charge in [0.05, 0.1) is 67.1 Å². The van der Waals surface area contributed by atoms with E-state index in [-0.39, 0.29) is 90.8 Å². The van der Waals surface area contributed by atoms with Gasteiger partial charge in [0.25, 0.3) is 30.4 Å². The lowest BCUT2D eigenvalue weighted by molar-refractivity contribution is -0.870. The molecule has 118 heavy (non-hydrogen) atoms. The number of hydrogen-bond acceptors (Lipinski definition) is 25. The number of ether oxygens (including phenoxy) is 3. The number of aromatic nitrogens is 3. The molecule has 0 saturated heterocycles. The molecule has 654 valence electrons. The number of azo groups is 1. The Morgan fingerprint density at radius 2 is 1.33 bits per heavy atom. The second-order valence-electron chi connectivity index (χ2n) is 29.5. The molecule has 34 nitrogen and oxygen atoms in total. The van der Waals surface area contributed by atoms with E-state index in [1.165, 1.54) is 157 Å². The quantitative estimate of drug-likeness (QED) is 0.00146. The number of hydroxylamine groups is 1. The van der Waals surface area contributed by atoms with Crippen LogP contribution in [0.1, 0.15) is 206 Å². The standard InChI is InChI=1S/C78H114BrFN13O21PS3/c1-6-8-10-12-14-16-18-20-22-24-26-28-30-36-67(66(56-110-115(98,99)109-50-48-93(3,4)5)87-70(94)37-31-29-27-25-23-21-19-17-15-13-11-9-7-2)108-49-33-32-44-82-71(95)55-68(77(96)113-91-76(86-59-41-43-64(80)63(79)53-59)73-75(92-114-90-73)84-46-47-85-118(81,106)107)111-78(97)112-74-65(54-69(117(103,104)105)62-35-34-45-83-72(62)74)89-88-60-40-38-58-52-61(116(100,101)102)42-39-57(58)51-60/h30,34-36,38-43,45,51-54,66-68,85H,6-29,31-33,37,44,46-50,55-56H2,1-5H3,(H8-,81,82,84,86,87,91,92,94,95,98,99,100,101,102,103,104,105,106,107)/p+1/b36-30+,89-88?/t66-,67+,68?/m0/s1. The van der Waals surface area contributed by atoms with Crippen LogP contribution in [0.4, 0.5) is 32.1 Å². The molecule has 0 radical (unpaired) electrons. The van der Waals surface area contributed by atoms with Crippen molar-refractivity contribution in [2.24, 2.45) is 20.4 Å². The van der Waals surface area contributed by atoms with E-state index >= 15 is 0 Å². The predicted octanol–water partition coefficient (Wildman–Crippen LogP) is 15.2. The van der Waals surface area contributed by atoms with E-state index in [0.717, 1.165) is 69.6 Å². The number of anilines is 1. The van der Waals surface area contributed by atoms with Crippen molar-refractivity contribution in [3.8, 4) is 5.75 Å². The average molecular weight is 1800 g/mol. The molecule has 2 amide bonds. The molecule has 2 aromatic heterocycles. The fourth-order valence-electron chi connectivity index (χ4n) is 12.1. The van der Waals surface area contributed by atoms with Crippen LogP contribution in [0.25, 0.3) is 21.7 Å². The number of quaternary nitrogens is 1. The maximum atomic E-state index is 14.5. The number of phosphoric acid groups is 1.